The largest absolute Gasteiger partial charge is 0.379 e. The molecule has 1 aliphatic rings. The van der Waals surface area contributed by atoms with E-state index >= 15 is 0 Å². The molecule has 1 aromatic carbocycles. The predicted octanol–water partition coefficient (Wildman–Crippen LogP) is 2.37. The third kappa shape index (κ3) is 6.49. The van der Waals surface area contributed by atoms with E-state index < -0.39 is 0 Å². The summed E-state index contributed by atoms with van der Waals surface area (Å²) in [4.78, 5) is 7.12. The van der Waals surface area contributed by atoms with Crippen LogP contribution in [0.15, 0.2) is 29.3 Å². The zero-order valence-electron chi connectivity index (χ0n) is 15.3. The number of morpholine rings is 1. The van der Waals surface area contributed by atoms with Crippen LogP contribution in [0.5, 0.6) is 0 Å². The van der Waals surface area contributed by atoms with Crippen LogP contribution >= 0.6 is 0 Å². The lowest BCUT2D eigenvalue weighted by atomic mass is 10.1. The Morgan fingerprint density at radius 2 is 1.83 bits per heavy atom. The molecule has 134 valence electrons. The van der Waals surface area contributed by atoms with Crippen LogP contribution in [0, 0.1) is 0 Å². The maximum atomic E-state index is 5.40. The Bertz CT molecular complexity index is 495. The summed E-state index contributed by atoms with van der Waals surface area (Å²) in [6.07, 6.45) is 1.08. The standard InChI is InChI=1S/C19H32N4O/c1-4-16(3)22-19(20-5-2)21-14-17-6-8-18(9-7-17)15-23-10-12-24-13-11-23/h6-9,16H,4-5,10-15H2,1-3H3,(H2,20,21,22). The molecule has 0 radical (unpaired) electrons. The van der Waals surface area contributed by atoms with Gasteiger partial charge < -0.3 is 15.4 Å². The summed E-state index contributed by atoms with van der Waals surface area (Å²) >= 11 is 0. The van der Waals surface area contributed by atoms with E-state index in [-0.39, 0.29) is 0 Å². The molecule has 1 unspecified atom stereocenters. The van der Waals surface area contributed by atoms with Crippen molar-refractivity contribution < 1.29 is 4.74 Å². The molecule has 1 aromatic rings. The van der Waals surface area contributed by atoms with E-state index in [4.69, 9.17) is 4.74 Å². The van der Waals surface area contributed by atoms with Gasteiger partial charge in [-0.3, -0.25) is 4.90 Å². The van der Waals surface area contributed by atoms with Crippen LogP contribution in [0.3, 0.4) is 0 Å². The van der Waals surface area contributed by atoms with Gasteiger partial charge in [-0.1, -0.05) is 31.2 Å². The summed E-state index contributed by atoms with van der Waals surface area (Å²) in [5.41, 5.74) is 2.59. The van der Waals surface area contributed by atoms with E-state index in [0.717, 1.165) is 51.8 Å². The van der Waals surface area contributed by atoms with E-state index in [9.17, 15) is 0 Å². The van der Waals surface area contributed by atoms with Gasteiger partial charge in [-0.05, 0) is 31.4 Å². The van der Waals surface area contributed by atoms with Gasteiger partial charge in [0.05, 0.1) is 19.8 Å². The Kier molecular flexibility index (Phi) is 8.05. The summed E-state index contributed by atoms with van der Waals surface area (Å²) in [7, 11) is 0. The number of guanidine groups is 1. The van der Waals surface area contributed by atoms with Crippen LogP contribution in [-0.2, 0) is 17.8 Å². The van der Waals surface area contributed by atoms with Crippen molar-refractivity contribution in [3.05, 3.63) is 35.4 Å². The molecule has 1 fully saturated rings. The fourth-order valence-corrected chi connectivity index (χ4v) is 2.59. The zero-order valence-corrected chi connectivity index (χ0v) is 15.3. The van der Waals surface area contributed by atoms with Crippen LogP contribution in [0.25, 0.3) is 0 Å². The van der Waals surface area contributed by atoms with Gasteiger partial charge in [0, 0.05) is 32.2 Å². The predicted molar refractivity (Wildman–Crippen MR) is 100 cm³/mol. The van der Waals surface area contributed by atoms with E-state index in [1.807, 2.05) is 0 Å². The molecule has 24 heavy (non-hydrogen) atoms. The first kappa shape index (κ1) is 18.7. The molecule has 2 N–H and O–H groups in total. The number of hydrogen-bond donors (Lipinski definition) is 2. The van der Waals surface area contributed by atoms with E-state index in [1.54, 1.807) is 0 Å². The Balaban J connectivity index is 1.88. The average Bonchev–Trinajstić information content (AvgIpc) is 2.62. The zero-order chi connectivity index (χ0) is 17.2. The topological polar surface area (TPSA) is 48.9 Å². The van der Waals surface area contributed by atoms with Gasteiger partial charge in [-0.25, -0.2) is 4.99 Å². The Morgan fingerprint density at radius 3 is 2.46 bits per heavy atom. The lowest BCUT2D eigenvalue weighted by molar-refractivity contribution is 0.0342. The molecular weight excluding hydrogens is 300 g/mol. The summed E-state index contributed by atoms with van der Waals surface area (Å²) < 4.78 is 5.40. The van der Waals surface area contributed by atoms with Gasteiger partial charge in [-0.2, -0.15) is 0 Å². The number of rotatable bonds is 7. The summed E-state index contributed by atoms with van der Waals surface area (Å²) in [6.45, 7) is 12.8. The second-order valence-electron chi connectivity index (χ2n) is 6.35. The molecule has 5 heteroatoms. The van der Waals surface area contributed by atoms with Gasteiger partial charge in [0.25, 0.3) is 0 Å². The Labute approximate surface area is 146 Å². The molecule has 0 aromatic heterocycles. The van der Waals surface area contributed by atoms with Gasteiger partial charge in [-0.15, -0.1) is 0 Å². The smallest absolute Gasteiger partial charge is 0.191 e. The second kappa shape index (κ2) is 10.3. The highest BCUT2D eigenvalue weighted by Gasteiger charge is 2.10. The summed E-state index contributed by atoms with van der Waals surface area (Å²) in [6, 6.07) is 9.24. The first-order valence-corrected chi connectivity index (χ1v) is 9.14. The van der Waals surface area contributed by atoms with Crippen molar-refractivity contribution in [2.24, 2.45) is 4.99 Å². The Morgan fingerprint density at radius 1 is 1.17 bits per heavy atom. The maximum Gasteiger partial charge on any atom is 0.191 e. The molecule has 1 heterocycles. The third-order valence-corrected chi connectivity index (χ3v) is 4.29. The van der Waals surface area contributed by atoms with Crippen molar-refractivity contribution in [1.29, 1.82) is 0 Å². The molecule has 5 nitrogen and oxygen atoms in total. The fraction of sp³-hybridized carbons (Fsp3) is 0.632. The molecule has 0 saturated carbocycles. The number of ether oxygens (including phenoxy) is 1. The van der Waals surface area contributed by atoms with Gasteiger partial charge in [0.15, 0.2) is 5.96 Å². The molecular formula is C19H32N4O. The van der Waals surface area contributed by atoms with Crippen molar-refractivity contribution in [2.75, 3.05) is 32.8 Å². The number of nitrogens with one attached hydrogen (secondary N) is 2. The average molecular weight is 332 g/mol. The second-order valence-corrected chi connectivity index (χ2v) is 6.35. The summed E-state index contributed by atoms with van der Waals surface area (Å²) in [5, 5.41) is 6.73. The van der Waals surface area contributed by atoms with Crippen molar-refractivity contribution in [3.8, 4) is 0 Å². The minimum atomic E-state index is 0.429. The first-order chi connectivity index (χ1) is 11.7. The minimum absolute atomic E-state index is 0.429. The first-order valence-electron chi connectivity index (χ1n) is 9.14. The van der Waals surface area contributed by atoms with Gasteiger partial charge >= 0.3 is 0 Å². The third-order valence-electron chi connectivity index (χ3n) is 4.29. The monoisotopic (exact) mass is 332 g/mol. The van der Waals surface area contributed by atoms with E-state index in [1.165, 1.54) is 11.1 Å². The molecule has 0 bridgehead atoms. The normalized spacial score (nSPS) is 17.5. The number of aliphatic imine (C=N–C) groups is 1. The number of hydrogen-bond acceptors (Lipinski definition) is 3. The van der Waals surface area contributed by atoms with Crippen molar-refractivity contribution >= 4 is 5.96 Å². The molecule has 0 aliphatic carbocycles. The molecule has 1 atom stereocenters. The van der Waals surface area contributed by atoms with Crippen LogP contribution in [0.4, 0.5) is 0 Å². The van der Waals surface area contributed by atoms with Crippen LogP contribution in [0.1, 0.15) is 38.3 Å². The SMILES string of the molecule is CCNC(=NCc1ccc(CN2CCOCC2)cc1)NC(C)CC. The van der Waals surface area contributed by atoms with Crippen LogP contribution in [0.2, 0.25) is 0 Å². The van der Waals surface area contributed by atoms with Gasteiger partial charge in [0.1, 0.15) is 0 Å². The molecule has 1 aliphatic heterocycles. The van der Waals surface area contributed by atoms with Crippen molar-refractivity contribution in [3.63, 3.8) is 0 Å². The molecule has 0 amide bonds. The van der Waals surface area contributed by atoms with E-state index in [0.29, 0.717) is 12.6 Å². The molecule has 1 saturated heterocycles. The highest BCUT2D eigenvalue weighted by molar-refractivity contribution is 5.80. The lowest BCUT2D eigenvalue weighted by Gasteiger charge is -2.26. The quantitative estimate of drug-likeness (QED) is 0.594. The van der Waals surface area contributed by atoms with Gasteiger partial charge in [0.2, 0.25) is 0 Å². The molecule has 2 rings (SSSR count). The minimum Gasteiger partial charge on any atom is -0.379 e. The number of nitrogens with zero attached hydrogens (tertiary/aromatic N) is 2. The number of benzene rings is 1. The highest BCUT2D eigenvalue weighted by Crippen LogP contribution is 2.10. The maximum absolute atomic E-state index is 5.40. The Hall–Kier alpha value is -1.59. The fourth-order valence-electron chi connectivity index (χ4n) is 2.59. The van der Waals surface area contributed by atoms with Crippen LogP contribution < -0.4 is 10.6 Å². The summed E-state index contributed by atoms with van der Waals surface area (Å²) in [5.74, 6) is 0.893. The van der Waals surface area contributed by atoms with E-state index in [2.05, 4.69) is 65.6 Å². The van der Waals surface area contributed by atoms with Crippen LogP contribution in [-0.4, -0.2) is 49.7 Å². The molecule has 0 spiro atoms. The van der Waals surface area contributed by atoms with Crippen molar-refractivity contribution in [1.82, 2.24) is 15.5 Å². The highest BCUT2D eigenvalue weighted by atomic mass is 16.5. The lowest BCUT2D eigenvalue weighted by Crippen LogP contribution is -2.41. The van der Waals surface area contributed by atoms with Crippen molar-refractivity contribution in [2.45, 2.75) is 46.3 Å².